The number of rotatable bonds is 14. The van der Waals surface area contributed by atoms with Gasteiger partial charge in [0.05, 0.1) is 12.3 Å². The summed E-state index contributed by atoms with van der Waals surface area (Å²) in [5.41, 5.74) is 2.90. The summed E-state index contributed by atoms with van der Waals surface area (Å²) in [6, 6.07) is 4.03. The summed E-state index contributed by atoms with van der Waals surface area (Å²) < 4.78 is 5.16. The topological polar surface area (TPSA) is 108 Å². The van der Waals surface area contributed by atoms with E-state index in [0.29, 0.717) is 28.3 Å². The summed E-state index contributed by atoms with van der Waals surface area (Å²) in [6.07, 6.45) is 9.26. The number of aryl methyl sites for hydroxylation is 1. The van der Waals surface area contributed by atoms with Crippen LogP contribution in [0.5, 0.6) is 0 Å². The van der Waals surface area contributed by atoms with Crippen LogP contribution in [0.1, 0.15) is 59.1 Å². The molecule has 4 heterocycles. The third kappa shape index (κ3) is 7.38. The molecule has 0 saturated heterocycles. The Morgan fingerprint density at radius 2 is 2.03 bits per heavy atom. The molecule has 0 fully saturated rings. The number of anilines is 4. The summed E-state index contributed by atoms with van der Waals surface area (Å²) in [4.78, 5) is 35.7. The van der Waals surface area contributed by atoms with Crippen molar-refractivity contribution in [3.63, 3.8) is 0 Å². The van der Waals surface area contributed by atoms with Crippen LogP contribution in [0.3, 0.4) is 0 Å². The number of carbonyl (C=O) groups excluding carboxylic acids is 1. The first-order valence-corrected chi connectivity index (χ1v) is 14.1. The maximum Gasteiger partial charge on any atom is 0.350 e. The minimum absolute atomic E-state index is 0.324. The van der Waals surface area contributed by atoms with Crippen molar-refractivity contribution >= 4 is 40.0 Å². The molecule has 0 atom stereocenters. The van der Waals surface area contributed by atoms with Crippen LogP contribution < -0.4 is 15.5 Å². The van der Waals surface area contributed by atoms with Gasteiger partial charge < -0.3 is 19.9 Å². The van der Waals surface area contributed by atoms with Gasteiger partial charge in [-0.25, -0.2) is 9.78 Å². The number of esters is 1. The van der Waals surface area contributed by atoms with E-state index in [4.69, 9.17) is 14.7 Å². The van der Waals surface area contributed by atoms with Gasteiger partial charge in [0.25, 0.3) is 0 Å². The summed E-state index contributed by atoms with van der Waals surface area (Å²) in [5.74, 6) is 1.87. The minimum atomic E-state index is -0.360. The van der Waals surface area contributed by atoms with Crippen molar-refractivity contribution in [3.8, 4) is 0 Å². The molecule has 38 heavy (non-hydrogen) atoms. The third-order valence-electron chi connectivity index (χ3n) is 6.31. The van der Waals surface area contributed by atoms with Crippen molar-refractivity contribution in [2.24, 2.45) is 0 Å². The van der Waals surface area contributed by atoms with Gasteiger partial charge in [-0.05, 0) is 65.4 Å². The van der Waals surface area contributed by atoms with Gasteiger partial charge in [-0.2, -0.15) is 9.97 Å². The number of unbranched alkanes of at least 4 members (excludes halogenated alkanes) is 3. The molecule has 0 aromatic carbocycles. The van der Waals surface area contributed by atoms with E-state index in [1.165, 1.54) is 30.6 Å². The highest BCUT2D eigenvalue weighted by Crippen LogP contribution is 2.34. The molecule has 0 aliphatic carbocycles. The highest BCUT2D eigenvalue weighted by molar-refractivity contribution is 7.17. The molecular weight excluding hydrogens is 500 g/mol. The molecule has 0 unspecified atom stereocenters. The van der Waals surface area contributed by atoms with E-state index in [9.17, 15) is 4.79 Å². The van der Waals surface area contributed by atoms with E-state index in [-0.39, 0.29) is 5.97 Å². The first-order chi connectivity index (χ1) is 18.4. The summed E-state index contributed by atoms with van der Waals surface area (Å²) in [5, 5.41) is 7.38. The SMILES string of the molecule is CCOC(=O)c1sc(Nc2nc(NCCCCCCN(C)C)c3c(n2)N(Cc2cccnc2)CC3)nc1C. The van der Waals surface area contributed by atoms with Crippen molar-refractivity contribution in [3.05, 3.63) is 46.2 Å². The van der Waals surface area contributed by atoms with Crippen LogP contribution in [0.2, 0.25) is 0 Å². The van der Waals surface area contributed by atoms with Crippen LogP contribution in [0.4, 0.5) is 22.7 Å². The van der Waals surface area contributed by atoms with Gasteiger partial charge in [0.1, 0.15) is 16.5 Å². The maximum atomic E-state index is 12.3. The molecule has 0 bridgehead atoms. The number of nitrogens with zero attached hydrogens (tertiary/aromatic N) is 6. The fourth-order valence-electron chi connectivity index (χ4n) is 4.43. The number of ether oxygens (including phenoxy) is 1. The zero-order chi connectivity index (χ0) is 26.9. The lowest BCUT2D eigenvalue weighted by Gasteiger charge is -2.19. The monoisotopic (exact) mass is 538 g/mol. The van der Waals surface area contributed by atoms with E-state index >= 15 is 0 Å². The molecule has 0 amide bonds. The average Bonchev–Trinajstić information content (AvgIpc) is 3.47. The van der Waals surface area contributed by atoms with Crippen LogP contribution in [0, 0.1) is 6.92 Å². The first kappa shape index (κ1) is 27.7. The normalized spacial score (nSPS) is 12.6. The smallest absolute Gasteiger partial charge is 0.350 e. The minimum Gasteiger partial charge on any atom is -0.462 e. The molecule has 1 aliphatic rings. The lowest BCUT2D eigenvalue weighted by atomic mass is 10.2. The van der Waals surface area contributed by atoms with Gasteiger partial charge in [-0.1, -0.05) is 30.2 Å². The van der Waals surface area contributed by atoms with Gasteiger partial charge in [0, 0.05) is 37.6 Å². The third-order valence-corrected chi connectivity index (χ3v) is 7.37. The molecule has 2 N–H and O–H groups in total. The highest BCUT2D eigenvalue weighted by Gasteiger charge is 2.26. The molecule has 0 radical (unpaired) electrons. The number of hydrogen-bond donors (Lipinski definition) is 2. The quantitative estimate of drug-likeness (QED) is 0.222. The second kappa shape index (κ2) is 13.5. The number of hydrogen-bond acceptors (Lipinski definition) is 11. The Morgan fingerprint density at radius 3 is 2.79 bits per heavy atom. The van der Waals surface area contributed by atoms with Gasteiger partial charge in [0.2, 0.25) is 5.95 Å². The number of pyridine rings is 1. The molecule has 10 nitrogen and oxygen atoms in total. The van der Waals surface area contributed by atoms with Crippen LogP contribution in [-0.2, 0) is 17.7 Å². The zero-order valence-electron chi connectivity index (χ0n) is 22.8. The average molecular weight is 539 g/mol. The van der Waals surface area contributed by atoms with Gasteiger partial charge in [-0.3, -0.25) is 10.3 Å². The van der Waals surface area contributed by atoms with E-state index in [1.807, 2.05) is 12.3 Å². The lowest BCUT2D eigenvalue weighted by Crippen LogP contribution is -2.21. The second-order valence-electron chi connectivity index (χ2n) is 9.65. The highest BCUT2D eigenvalue weighted by atomic mass is 32.1. The molecule has 4 rings (SSSR count). The number of thiazole rings is 1. The van der Waals surface area contributed by atoms with Gasteiger partial charge in [-0.15, -0.1) is 0 Å². The first-order valence-electron chi connectivity index (χ1n) is 13.3. The van der Waals surface area contributed by atoms with Crippen molar-refractivity contribution in [2.75, 3.05) is 55.9 Å². The Morgan fingerprint density at radius 1 is 1.18 bits per heavy atom. The van der Waals surface area contributed by atoms with E-state index < -0.39 is 0 Å². The Bertz CT molecular complexity index is 1200. The Labute approximate surface area is 228 Å². The summed E-state index contributed by atoms with van der Waals surface area (Å²) in [6.45, 7) is 7.50. The number of aromatic nitrogens is 4. The van der Waals surface area contributed by atoms with Gasteiger partial charge in [0.15, 0.2) is 5.13 Å². The van der Waals surface area contributed by atoms with Crippen LogP contribution in [0.15, 0.2) is 24.5 Å². The van der Waals surface area contributed by atoms with E-state index in [1.54, 1.807) is 20.0 Å². The summed E-state index contributed by atoms with van der Waals surface area (Å²) >= 11 is 1.25. The second-order valence-corrected chi connectivity index (χ2v) is 10.7. The van der Waals surface area contributed by atoms with Gasteiger partial charge >= 0.3 is 5.97 Å². The fraction of sp³-hybridized carbons (Fsp3) is 0.519. The van der Waals surface area contributed by atoms with Crippen molar-refractivity contribution in [1.82, 2.24) is 24.8 Å². The van der Waals surface area contributed by atoms with Crippen molar-refractivity contribution in [1.29, 1.82) is 0 Å². The molecule has 3 aromatic rings. The zero-order valence-corrected chi connectivity index (χ0v) is 23.6. The molecule has 3 aromatic heterocycles. The predicted molar refractivity (Wildman–Crippen MR) is 153 cm³/mol. The Balaban J connectivity index is 1.50. The number of carbonyl (C=O) groups is 1. The lowest BCUT2D eigenvalue weighted by molar-refractivity contribution is 0.0531. The van der Waals surface area contributed by atoms with Crippen LogP contribution >= 0.6 is 11.3 Å². The standard InChI is InChI=1S/C27H38N8O2S/c1-5-37-25(36)22-19(2)30-27(38-22)33-26-31-23(29-14-8-6-7-9-15-34(3)4)21-12-16-35(24(21)32-26)18-20-11-10-13-28-17-20/h10-11,13,17H,5-9,12,14-16,18H2,1-4H3,(H2,29,30,31,32,33). The molecular formula is C27H38N8O2S. The number of fused-ring (bicyclic) bond motifs is 1. The largest absolute Gasteiger partial charge is 0.462 e. The predicted octanol–water partition coefficient (Wildman–Crippen LogP) is 4.65. The Hall–Kier alpha value is -3.31. The Kier molecular flexibility index (Phi) is 9.83. The molecule has 11 heteroatoms. The summed E-state index contributed by atoms with van der Waals surface area (Å²) in [7, 11) is 4.23. The molecule has 1 aliphatic heterocycles. The maximum absolute atomic E-state index is 12.3. The van der Waals surface area contributed by atoms with E-state index in [2.05, 4.69) is 50.6 Å². The molecule has 0 spiro atoms. The van der Waals surface area contributed by atoms with Crippen LogP contribution in [0.25, 0.3) is 0 Å². The van der Waals surface area contributed by atoms with E-state index in [0.717, 1.165) is 61.8 Å². The molecule has 0 saturated carbocycles. The molecule has 204 valence electrons. The van der Waals surface area contributed by atoms with Crippen LogP contribution in [-0.4, -0.2) is 71.1 Å². The van der Waals surface area contributed by atoms with Crippen molar-refractivity contribution in [2.45, 2.75) is 52.5 Å². The van der Waals surface area contributed by atoms with Crippen molar-refractivity contribution < 1.29 is 9.53 Å². The number of nitrogens with one attached hydrogen (secondary N) is 2. The fourth-order valence-corrected chi connectivity index (χ4v) is 5.28.